The zero-order valence-electron chi connectivity index (χ0n) is 16.4. The van der Waals surface area contributed by atoms with Crippen LogP contribution in [0.2, 0.25) is 0 Å². The Morgan fingerprint density at radius 1 is 1.21 bits per heavy atom. The van der Waals surface area contributed by atoms with Gasteiger partial charge in [0, 0.05) is 12.4 Å². The molecule has 2 heterocycles. The number of aryl methyl sites for hydroxylation is 1. The Morgan fingerprint density at radius 2 is 1.97 bits per heavy atom. The molecule has 11 heteroatoms. The van der Waals surface area contributed by atoms with E-state index in [1.807, 2.05) is 39.1 Å². The number of nitrogens with one attached hydrogen (secondary N) is 2. The van der Waals surface area contributed by atoms with Gasteiger partial charge in [0.25, 0.3) is 5.91 Å². The quantitative estimate of drug-likeness (QED) is 0.435. The second-order valence-corrected chi connectivity index (χ2v) is 7.06. The van der Waals surface area contributed by atoms with Crippen molar-refractivity contribution in [1.82, 2.24) is 25.0 Å². The van der Waals surface area contributed by atoms with Gasteiger partial charge in [-0.1, -0.05) is 19.9 Å². The molecule has 2 amide bonds. The maximum atomic E-state index is 11.8. The first-order valence-electron chi connectivity index (χ1n) is 9.04. The number of benzene rings is 1. The van der Waals surface area contributed by atoms with E-state index in [9.17, 15) is 9.59 Å². The molecule has 1 aromatic carbocycles. The van der Waals surface area contributed by atoms with Crippen LogP contribution in [0, 0.1) is 5.92 Å². The highest BCUT2D eigenvalue weighted by molar-refractivity contribution is 5.99. The lowest BCUT2D eigenvalue weighted by Gasteiger charge is -2.18. The second-order valence-electron chi connectivity index (χ2n) is 7.06. The Hall–Kier alpha value is -3.76. The lowest BCUT2D eigenvalue weighted by atomic mass is 10.0. The van der Waals surface area contributed by atoms with Crippen LogP contribution >= 0.6 is 0 Å². The third-order valence-corrected chi connectivity index (χ3v) is 4.32. The maximum Gasteiger partial charge on any atom is 0.273 e. The average molecular weight is 397 g/mol. The summed E-state index contributed by atoms with van der Waals surface area (Å²) >= 11 is 0. The number of carbonyl (C=O) groups is 2. The summed E-state index contributed by atoms with van der Waals surface area (Å²) in [5, 5.41) is 18.7. The smallest absolute Gasteiger partial charge is 0.273 e. The lowest BCUT2D eigenvalue weighted by molar-refractivity contribution is -0.119. The summed E-state index contributed by atoms with van der Waals surface area (Å²) in [4.78, 5) is 27.8. The predicted molar refractivity (Wildman–Crippen MR) is 108 cm³/mol. The minimum Gasteiger partial charge on any atom is -0.368 e. The van der Waals surface area contributed by atoms with Gasteiger partial charge in [0.05, 0.1) is 17.4 Å². The van der Waals surface area contributed by atoms with E-state index in [1.165, 1.54) is 0 Å². The van der Waals surface area contributed by atoms with Gasteiger partial charge in [-0.3, -0.25) is 14.3 Å². The van der Waals surface area contributed by atoms with E-state index in [1.54, 1.807) is 10.9 Å². The highest BCUT2D eigenvalue weighted by Gasteiger charge is 2.21. The summed E-state index contributed by atoms with van der Waals surface area (Å²) < 4.78 is 1.73. The third-order valence-electron chi connectivity index (χ3n) is 4.32. The molecule has 2 aromatic heterocycles. The Balaban J connectivity index is 1.97. The monoisotopic (exact) mass is 397 g/mol. The normalized spacial score (nSPS) is 12.1. The molecule has 3 rings (SSSR count). The molecule has 3 aromatic rings. The number of aromatic nitrogens is 5. The minimum atomic E-state index is -0.786. The number of hydrogen-bond donors (Lipinski definition) is 4. The summed E-state index contributed by atoms with van der Waals surface area (Å²) in [5.74, 6) is -0.931. The van der Waals surface area contributed by atoms with E-state index >= 15 is 0 Å². The van der Waals surface area contributed by atoms with Gasteiger partial charge in [0.15, 0.2) is 11.5 Å². The van der Waals surface area contributed by atoms with Crippen molar-refractivity contribution in [1.29, 1.82) is 0 Å². The van der Waals surface area contributed by atoms with Crippen LogP contribution in [0.1, 0.15) is 30.8 Å². The van der Waals surface area contributed by atoms with Crippen LogP contribution < -0.4 is 22.1 Å². The van der Waals surface area contributed by atoms with E-state index in [-0.39, 0.29) is 23.4 Å². The van der Waals surface area contributed by atoms with Gasteiger partial charge in [-0.25, -0.2) is 0 Å². The molecule has 0 aliphatic carbocycles. The molecule has 0 unspecified atom stereocenters. The number of primary amides is 2. The van der Waals surface area contributed by atoms with E-state index in [4.69, 9.17) is 11.5 Å². The number of carbonyl (C=O) groups excluding carboxylic acids is 2. The summed E-state index contributed by atoms with van der Waals surface area (Å²) in [7, 11) is 1.83. The summed E-state index contributed by atoms with van der Waals surface area (Å²) in [6, 6.07) is 4.90. The third kappa shape index (κ3) is 4.39. The molecular weight excluding hydrogens is 374 g/mol. The van der Waals surface area contributed by atoms with Crippen molar-refractivity contribution in [2.75, 3.05) is 10.6 Å². The highest BCUT2D eigenvalue weighted by atomic mass is 16.1. The van der Waals surface area contributed by atoms with Crippen LogP contribution in [-0.2, 0) is 11.8 Å². The number of hydrogen-bond acceptors (Lipinski definition) is 8. The van der Waals surface area contributed by atoms with Crippen molar-refractivity contribution in [2.45, 2.75) is 26.3 Å². The molecule has 0 bridgehead atoms. The van der Waals surface area contributed by atoms with Gasteiger partial charge in [0.1, 0.15) is 6.04 Å². The van der Waals surface area contributed by atoms with E-state index < -0.39 is 17.9 Å². The fraction of sp³-hybridized carbons (Fsp3) is 0.333. The van der Waals surface area contributed by atoms with Crippen LogP contribution in [-0.4, -0.2) is 42.8 Å². The number of amides is 2. The molecule has 0 saturated carbocycles. The van der Waals surface area contributed by atoms with Gasteiger partial charge >= 0.3 is 0 Å². The highest BCUT2D eigenvalue weighted by Crippen LogP contribution is 2.26. The van der Waals surface area contributed by atoms with Crippen LogP contribution in [0.15, 0.2) is 24.4 Å². The molecule has 6 N–H and O–H groups in total. The average Bonchev–Trinajstić information content (AvgIpc) is 3.03. The number of anilines is 3. The largest absolute Gasteiger partial charge is 0.368 e. The number of nitrogens with two attached hydrogens (primary N) is 2. The van der Waals surface area contributed by atoms with Crippen molar-refractivity contribution >= 4 is 40.2 Å². The van der Waals surface area contributed by atoms with Crippen LogP contribution in [0.4, 0.5) is 17.5 Å². The standard InChI is InChI=1S/C18H23N9O2/c1-9(2)7-12(15(19)28)23-18-24-17(14(16(20)29)25-26-18)22-11-5-4-6-13-10(11)8-21-27(13)3/h4-6,8-9,12H,7H2,1-3H3,(H2,19,28)(H2,20,29)(H2,22,23,24,26)/t12-/m1/s1. The molecule has 0 radical (unpaired) electrons. The SMILES string of the molecule is CC(C)C[C@@H](Nc1nnc(C(N)=O)c(Nc2cccc3c2cnn3C)n1)C(N)=O. The fourth-order valence-electron chi connectivity index (χ4n) is 2.93. The van der Waals surface area contributed by atoms with Crippen molar-refractivity contribution in [2.24, 2.45) is 24.4 Å². The molecule has 0 spiro atoms. The van der Waals surface area contributed by atoms with Gasteiger partial charge in [-0.05, 0) is 24.5 Å². The first kappa shape index (κ1) is 20.0. The second kappa shape index (κ2) is 8.09. The van der Waals surface area contributed by atoms with Gasteiger partial charge in [0.2, 0.25) is 11.9 Å². The molecule has 1 atom stereocenters. The first-order chi connectivity index (χ1) is 13.8. The van der Waals surface area contributed by atoms with E-state index in [0.29, 0.717) is 12.1 Å². The minimum absolute atomic E-state index is 0.0558. The molecule has 0 aliphatic rings. The van der Waals surface area contributed by atoms with Gasteiger partial charge < -0.3 is 22.1 Å². The Morgan fingerprint density at radius 3 is 2.62 bits per heavy atom. The number of fused-ring (bicyclic) bond motifs is 1. The first-order valence-corrected chi connectivity index (χ1v) is 9.04. The molecule has 11 nitrogen and oxygen atoms in total. The van der Waals surface area contributed by atoms with Crippen molar-refractivity contribution in [3.63, 3.8) is 0 Å². The topological polar surface area (TPSA) is 167 Å². The molecule has 0 aliphatic heterocycles. The zero-order chi connectivity index (χ0) is 21.1. The van der Waals surface area contributed by atoms with Crippen molar-refractivity contribution < 1.29 is 9.59 Å². The molecule has 29 heavy (non-hydrogen) atoms. The Bertz CT molecular complexity index is 1060. The Kier molecular flexibility index (Phi) is 5.57. The van der Waals surface area contributed by atoms with Crippen LogP contribution in [0.5, 0.6) is 0 Å². The summed E-state index contributed by atoms with van der Waals surface area (Å²) in [5.41, 5.74) is 12.3. The molecule has 0 saturated heterocycles. The van der Waals surface area contributed by atoms with E-state index in [0.717, 1.165) is 10.9 Å². The Labute approximate surface area is 166 Å². The van der Waals surface area contributed by atoms with Gasteiger partial charge in [-0.2, -0.15) is 10.1 Å². The van der Waals surface area contributed by atoms with Gasteiger partial charge in [-0.15, -0.1) is 10.2 Å². The summed E-state index contributed by atoms with van der Waals surface area (Å²) in [6.45, 7) is 3.93. The molecular formula is C18H23N9O2. The fourth-order valence-corrected chi connectivity index (χ4v) is 2.93. The predicted octanol–water partition coefficient (Wildman–Crippen LogP) is 0.913. The zero-order valence-corrected chi connectivity index (χ0v) is 16.4. The van der Waals surface area contributed by atoms with Crippen molar-refractivity contribution in [3.05, 3.63) is 30.1 Å². The molecule has 152 valence electrons. The van der Waals surface area contributed by atoms with Crippen LogP contribution in [0.25, 0.3) is 10.9 Å². The summed E-state index contributed by atoms with van der Waals surface area (Å²) in [6.07, 6.45) is 2.19. The molecule has 0 fully saturated rings. The van der Waals surface area contributed by atoms with Crippen molar-refractivity contribution in [3.8, 4) is 0 Å². The lowest BCUT2D eigenvalue weighted by Crippen LogP contribution is -2.37. The van der Waals surface area contributed by atoms with E-state index in [2.05, 4.69) is 30.9 Å². The number of nitrogens with zero attached hydrogens (tertiary/aromatic N) is 5. The number of rotatable bonds is 8. The maximum absolute atomic E-state index is 11.8. The van der Waals surface area contributed by atoms with Crippen LogP contribution in [0.3, 0.4) is 0 Å².